The first-order valence-corrected chi connectivity index (χ1v) is 7.83. The highest BCUT2D eigenvalue weighted by atomic mass is 35.5. The van der Waals surface area contributed by atoms with Gasteiger partial charge in [-0.2, -0.15) is 0 Å². The number of carbonyl (C=O) groups excluding carboxylic acids is 2. The van der Waals surface area contributed by atoms with Gasteiger partial charge in [0.25, 0.3) is 0 Å². The van der Waals surface area contributed by atoms with Gasteiger partial charge in [-0.25, -0.2) is 4.79 Å². The Morgan fingerprint density at radius 1 is 1.18 bits per heavy atom. The van der Waals surface area contributed by atoms with E-state index in [0.717, 1.165) is 25.7 Å². The minimum Gasteiger partial charge on any atom is -0.335 e. The second kappa shape index (κ2) is 8.00. The molecule has 22 heavy (non-hydrogen) atoms. The first-order chi connectivity index (χ1) is 10.6. The number of benzene rings is 1. The number of hydrogen-bond donors (Lipinski definition) is 4. The lowest BCUT2D eigenvalue weighted by molar-refractivity contribution is -0.114. The number of hydrogen-bond acceptors (Lipinski definition) is 3. The van der Waals surface area contributed by atoms with Gasteiger partial charge in [-0.05, 0) is 31.0 Å². The average Bonchev–Trinajstić information content (AvgIpc) is 2.51. The first kappa shape index (κ1) is 16.6. The Balaban J connectivity index is 1.91. The molecule has 1 aliphatic rings. The van der Waals surface area contributed by atoms with Crippen LogP contribution in [0.5, 0.6) is 0 Å². The summed E-state index contributed by atoms with van der Waals surface area (Å²) in [5.74, 6) is -0.299. The van der Waals surface area contributed by atoms with E-state index < -0.39 is 0 Å². The summed E-state index contributed by atoms with van der Waals surface area (Å²) >= 11 is 6.12. The highest BCUT2D eigenvalue weighted by Gasteiger charge is 2.16. The molecule has 5 N–H and O–H groups in total. The molecule has 6 nitrogen and oxygen atoms in total. The summed E-state index contributed by atoms with van der Waals surface area (Å²) < 4.78 is 0. The molecule has 1 aliphatic carbocycles. The van der Waals surface area contributed by atoms with Gasteiger partial charge < -0.3 is 21.7 Å². The molecule has 1 aromatic carbocycles. The number of halogens is 1. The lowest BCUT2D eigenvalue weighted by Crippen LogP contribution is -2.39. The van der Waals surface area contributed by atoms with Crippen LogP contribution in [0.2, 0.25) is 5.02 Å². The molecule has 1 aromatic rings. The van der Waals surface area contributed by atoms with Crippen LogP contribution in [0.1, 0.15) is 32.1 Å². The van der Waals surface area contributed by atoms with Gasteiger partial charge in [0, 0.05) is 11.7 Å². The monoisotopic (exact) mass is 324 g/mol. The van der Waals surface area contributed by atoms with Crippen molar-refractivity contribution in [1.29, 1.82) is 0 Å². The Morgan fingerprint density at radius 3 is 2.55 bits per heavy atom. The van der Waals surface area contributed by atoms with Crippen molar-refractivity contribution >= 4 is 34.9 Å². The van der Waals surface area contributed by atoms with Crippen LogP contribution in [0, 0.1) is 0 Å². The fourth-order valence-electron chi connectivity index (χ4n) is 2.50. The van der Waals surface area contributed by atoms with Crippen LogP contribution in [-0.2, 0) is 4.79 Å². The normalized spacial score (nSPS) is 15.2. The van der Waals surface area contributed by atoms with Gasteiger partial charge in [0.15, 0.2) is 0 Å². The fourth-order valence-corrected chi connectivity index (χ4v) is 2.72. The van der Waals surface area contributed by atoms with Crippen molar-refractivity contribution in [2.24, 2.45) is 5.73 Å². The molecule has 0 radical (unpaired) electrons. The van der Waals surface area contributed by atoms with Crippen LogP contribution in [0.25, 0.3) is 0 Å². The van der Waals surface area contributed by atoms with Gasteiger partial charge in [0.1, 0.15) is 0 Å². The van der Waals surface area contributed by atoms with E-state index in [1.807, 2.05) is 0 Å². The van der Waals surface area contributed by atoms with Crippen LogP contribution in [0.15, 0.2) is 18.2 Å². The van der Waals surface area contributed by atoms with Gasteiger partial charge in [0.2, 0.25) is 5.91 Å². The second-order valence-corrected chi connectivity index (χ2v) is 5.79. The fraction of sp³-hybridized carbons (Fsp3) is 0.467. The van der Waals surface area contributed by atoms with Crippen LogP contribution < -0.4 is 21.7 Å². The summed E-state index contributed by atoms with van der Waals surface area (Å²) in [5.41, 5.74) is 6.27. The molecule has 3 amide bonds. The van der Waals surface area contributed by atoms with Crippen molar-refractivity contribution in [2.45, 2.75) is 38.1 Å². The summed E-state index contributed by atoms with van der Waals surface area (Å²) in [6.07, 6.45) is 5.58. The van der Waals surface area contributed by atoms with E-state index in [1.165, 1.54) is 6.42 Å². The largest absolute Gasteiger partial charge is 0.335 e. The van der Waals surface area contributed by atoms with Crippen LogP contribution in [0.3, 0.4) is 0 Å². The first-order valence-electron chi connectivity index (χ1n) is 7.45. The molecule has 0 unspecified atom stereocenters. The molecule has 0 aromatic heterocycles. The molecule has 0 atom stereocenters. The van der Waals surface area contributed by atoms with Crippen molar-refractivity contribution in [3.05, 3.63) is 23.2 Å². The smallest absolute Gasteiger partial charge is 0.319 e. The van der Waals surface area contributed by atoms with E-state index in [2.05, 4.69) is 16.0 Å². The number of rotatable bonds is 4. The Morgan fingerprint density at radius 2 is 1.91 bits per heavy atom. The SMILES string of the molecule is NCC(=O)Nc1ccc(NC(=O)NC2CCCCC2)c(Cl)c1. The van der Waals surface area contributed by atoms with E-state index in [-0.39, 0.29) is 24.5 Å². The zero-order valence-electron chi connectivity index (χ0n) is 12.3. The van der Waals surface area contributed by atoms with E-state index in [1.54, 1.807) is 18.2 Å². The lowest BCUT2D eigenvalue weighted by atomic mass is 9.96. The van der Waals surface area contributed by atoms with E-state index in [9.17, 15) is 9.59 Å². The molecular formula is C15H21ClN4O2. The second-order valence-electron chi connectivity index (χ2n) is 5.38. The molecule has 1 saturated carbocycles. The van der Waals surface area contributed by atoms with Gasteiger partial charge >= 0.3 is 6.03 Å². The van der Waals surface area contributed by atoms with Crippen molar-refractivity contribution in [3.63, 3.8) is 0 Å². The van der Waals surface area contributed by atoms with Gasteiger partial charge in [-0.3, -0.25) is 4.79 Å². The lowest BCUT2D eigenvalue weighted by Gasteiger charge is -2.23. The molecule has 1 fully saturated rings. The van der Waals surface area contributed by atoms with E-state index in [0.29, 0.717) is 16.4 Å². The third-order valence-electron chi connectivity index (χ3n) is 3.63. The van der Waals surface area contributed by atoms with Gasteiger partial charge in [-0.15, -0.1) is 0 Å². The van der Waals surface area contributed by atoms with Crippen molar-refractivity contribution in [1.82, 2.24) is 5.32 Å². The molecular weight excluding hydrogens is 304 g/mol. The molecule has 2 rings (SSSR count). The minimum absolute atomic E-state index is 0.0958. The zero-order valence-corrected chi connectivity index (χ0v) is 13.1. The summed E-state index contributed by atoms with van der Waals surface area (Å²) in [7, 11) is 0. The Hall–Kier alpha value is -1.79. The Kier molecular flexibility index (Phi) is 6.03. The van der Waals surface area contributed by atoms with Crippen molar-refractivity contribution < 1.29 is 9.59 Å². The van der Waals surface area contributed by atoms with E-state index in [4.69, 9.17) is 17.3 Å². The number of nitrogens with one attached hydrogen (secondary N) is 3. The molecule has 0 aliphatic heterocycles. The zero-order chi connectivity index (χ0) is 15.9. The number of urea groups is 1. The predicted octanol–water partition coefficient (Wildman–Crippen LogP) is 2.69. The number of amides is 3. The highest BCUT2D eigenvalue weighted by Crippen LogP contribution is 2.25. The number of nitrogens with two attached hydrogens (primary N) is 1. The van der Waals surface area contributed by atoms with Crippen LogP contribution in [0.4, 0.5) is 16.2 Å². The molecule has 120 valence electrons. The summed E-state index contributed by atoms with van der Waals surface area (Å²) in [6.45, 7) is -0.0958. The third kappa shape index (κ3) is 4.89. The topological polar surface area (TPSA) is 96.2 Å². The summed E-state index contributed by atoms with van der Waals surface area (Å²) in [4.78, 5) is 23.2. The predicted molar refractivity (Wildman–Crippen MR) is 88.2 cm³/mol. The maximum absolute atomic E-state index is 12.0. The van der Waals surface area contributed by atoms with Gasteiger partial charge in [0.05, 0.1) is 17.3 Å². The number of anilines is 2. The molecule has 0 spiro atoms. The summed E-state index contributed by atoms with van der Waals surface area (Å²) in [5, 5.41) is 8.65. The molecule has 0 bridgehead atoms. The quantitative estimate of drug-likeness (QED) is 0.685. The standard InChI is InChI=1S/C15H21ClN4O2/c16-12-8-11(18-14(21)9-17)6-7-13(12)20-15(22)19-10-4-2-1-3-5-10/h6-8,10H,1-5,9,17H2,(H,18,21)(H2,19,20,22). The molecule has 7 heteroatoms. The number of carbonyl (C=O) groups is 2. The molecule has 0 heterocycles. The van der Waals surface area contributed by atoms with Gasteiger partial charge in [-0.1, -0.05) is 30.9 Å². The van der Waals surface area contributed by atoms with Crippen LogP contribution in [-0.4, -0.2) is 24.5 Å². The van der Waals surface area contributed by atoms with Crippen molar-refractivity contribution in [3.8, 4) is 0 Å². The minimum atomic E-state index is -0.299. The highest BCUT2D eigenvalue weighted by molar-refractivity contribution is 6.34. The third-order valence-corrected chi connectivity index (χ3v) is 3.94. The Labute approximate surface area is 134 Å². The van der Waals surface area contributed by atoms with Crippen LogP contribution >= 0.6 is 11.6 Å². The van der Waals surface area contributed by atoms with Crippen molar-refractivity contribution in [2.75, 3.05) is 17.2 Å². The van der Waals surface area contributed by atoms with E-state index >= 15 is 0 Å². The maximum atomic E-state index is 12.0. The Bertz CT molecular complexity index is 544. The summed E-state index contributed by atoms with van der Waals surface area (Å²) in [6, 6.07) is 4.86. The maximum Gasteiger partial charge on any atom is 0.319 e. The molecule has 0 saturated heterocycles. The average molecular weight is 325 g/mol.